The Bertz CT molecular complexity index is 542. The van der Waals surface area contributed by atoms with Crippen LogP contribution < -0.4 is 5.32 Å². The number of amides is 1. The minimum Gasteiger partial charge on any atom is -0.355 e. The fraction of sp³-hybridized carbons (Fsp3) is 0.286. The Morgan fingerprint density at radius 2 is 2.20 bits per heavy atom. The molecule has 1 unspecified atom stereocenters. The van der Waals surface area contributed by atoms with Gasteiger partial charge in [-0.3, -0.25) is 4.79 Å². The number of hydrogen-bond acceptors (Lipinski definition) is 3. The van der Waals surface area contributed by atoms with Gasteiger partial charge in [-0.25, -0.2) is 4.98 Å². The smallest absolute Gasteiger partial charge is 0.233 e. The molecule has 0 fully saturated rings. The van der Waals surface area contributed by atoms with Crippen LogP contribution in [-0.2, 0) is 11.2 Å². The molecule has 1 atom stereocenters. The number of hydrogen-bond donors (Lipinski definition) is 2. The lowest BCUT2D eigenvalue weighted by Gasteiger charge is -2.11. The summed E-state index contributed by atoms with van der Waals surface area (Å²) in [5.41, 5.74) is 0. The second-order valence-corrected chi connectivity index (χ2v) is 6.14. The minimum atomic E-state index is -0.146. The Morgan fingerprint density at radius 3 is 2.85 bits per heavy atom. The molecule has 4 nitrogen and oxygen atoms in total. The lowest BCUT2D eigenvalue weighted by Crippen LogP contribution is -2.32. The predicted molar refractivity (Wildman–Crippen MR) is 82.1 cm³/mol. The largest absolute Gasteiger partial charge is 0.355 e. The zero-order valence-corrected chi connectivity index (χ0v) is 12.7. The van der Waals surface area contributed by atoms with Gasteiger partial charge in [-0.2, -0.15) is 0 Å². The van der Waals surface area contributed by atoms with Crippen LogP contribution in [0.1, 0.15) is 12.7 Å². The summed E-state index contributed by atoms with van der Waals surface area (Å²) in [5.74, 6) is 0.903. The number of imidazole rings is 1. The van der Waals surface area contributed by atoms with E-state index in [4.69, 9.17) is 11.6 Å². The van der Waals surface area contributed by atoms with Crippen molar-refractivity contribution in [1.29, 1.82) is 0 Å². The highest BCUT2D eigenvalue weighted by Gasteiger charge is 2.13. The van der Waals surface area contributed by atoms with E-state index in [0.717, 1.165) is 10.7 Å². The van der Waals surface area contributed by atoms with Crippen LogP contribution in [0.4, 0.5) is 0 Å². The first-order chi connectivity index (χ1) is 9.65. The number of carbonyl (C=O) groups excluding carboxylic acids is 1. The Hall–Kier alpha value is -1.46. The average Bonchev–Trinajstić information content (AvgIpc) is 2.94. The van der Waals surface area contributed by atoms with Crippen molar-refractivity contribution in [2.45, 2.75) is 23.5 Å². The molecule has 0 radical (unpaired) electrons. The lowest BCUT2D eigenvalue weighted by molar-refractivity contribution is -0.120. The van der Waals surface area contributed by atoms with Gasteiger partial charge in [0.15, 0.2) is 0 Å². The summed E-state index contributed by atoms with van der Waals surface area (Å²) in [6.07, 6.45) is 4.18. The maximum atomic E-state index is 12.0. The molecule has 1 aromatic heterocycles. The zero-order valence-electron chi connectivity index (χ0n) is 11.1. The van der Waals surface area contributed by atoms with Crippen LogP contribution in [0.5, 0.6) is 0 Å². The van der Waals surface area contributed by atoms with Crippen LogP contribution in [-0.4, -0.2) is 27.7 Å². The summed E-state index contributed by atoms with van der Waals surface area (Å²) in [4.78, 5) is 20.1. The van der Waals surface area contributed by atoms with Gasteiger partial charge in [0.25, 0.3) is 0 Å². The third kappa shape index (κ3) is 4.58. The van der Waals surface area contributed by atoms with E-state index in [1.54, 1.807) is 12.4 Å². The van der Waals surface area contributed by atoms with Gasteiger partial charge in [0.2, 0.25) is 5.91 Å². The lowest BCUT2D eigenvalue weighted by atomic mass is 10.3. The topological polar surface area (TPSA) is 57.8 Å². The molecule has 2 aromatic rings. The van der Waals surface area contributed by atoms with Crippen LogP contribution in [0, 0.1) is 0 Å². The van der Waals surface area contributed by atoms with Crippen molar-refractivity contribution < 1.29 is 4.79 Å². The Kier molecular flexibility index (Phi) is 5.49. The van der Waals surface area contributed by atoms with Crippen molar-refractivity contribution in [2.24, 2.45) is 0 Å². The van der Waals surface area contributed by atoms with Gasteiger partial charge >= 0.3 is 0 Å². The van der Waals surface area contributed by atoms with E-state index in [0.29, 0.717) is 18.0 Å². The van der Waals surface area contributed by atoms with Gasteiger partial charge in [-0.1, -0.05) is 11.6 Å². The molecule has 0 bridgehead atoms. The number of carbonyl (C=O) groups is 1. The third-order valence-corrected chi connectivity index (χ3v) is 4.08. The van der Waals surface area contributed by atoms with Crippen molar-refractivity contribution >= 4 is 29.3 Å². The van der Waals surface area contributed by atoms with E-state index in [9.17, 15) is 4.79 Å². The maximum Gasteiger partial charge on any atom is 0.233 e. The number of aromatic nitrogens is 2. The standard InChI is InChI=1S/C14H16ClN3OS/c1-10(20-12-4-2-11(15)3-5-12)14(19)18-7-6-13-16-8-9-17-13/h2-5,8-10H,6-7H2,1H3,(H,16,17)(H,18,19). The quantitative estimate of drug-likeness (QED) is 0.807. The van der Waals surface area contributed by atoms with Crippen molar-refractivity contribution in [3.8, 4) is 0 Å². The van der Waals surface area contributed by atoms with Gasteiger partial charge in [-0.05, 0) is 31.2 Å². The first-order valence-electron chi connectivity index (χ1n) is 6.33. The van der Waals surface area contributed by atoms with Gasteiger partial charge in [0, 0.05) is 35.3 Å². The van der Waals surface area contributed by atoms with Crippen molar-refractivity contribution in [3.05, 3.63) is 47.5 Å². The molecule has 0 spiro atoms. The molecule has 0 saturated heterocycles. The molecule has 1 heterocycles. The highest BCUT2D eigenvalue weighted by atomic mass is 35.5. The second kappa shape index (κ2) is 7.36. The van der Waals surface area contributed by atoms with Crippen LogP contribution in [0.25, 0.3) is 0 Å². The highest BCUT2D eigenvalue weighted by Crippen LogP contribution is 2.24. The molecule has 6 heteroatoms. The molecule has 0 aliphatic heterocycles. The average molecular weight is 310 g/mol. The first-order valence-corrected chi connectivity index (χ1v) is 7.59. The molecular formula is C14H16ClN3OS. The molecule has 0 saturated carbocycles. The Labute approximate surface area is 127 Å². The minimum absolute atomic E-state index is 0.0245. The Morgan fingerprint density at radius 1 is 1.45 bits per heavy atom. The van der Waals surface area contributed by atoms with E-state index in [2.05, 4.69) is 15.3 Å². The Balaban J connectivity index is 1.75. The first kappa shape index (κ1) is 14.9. The van der Waals surface area contributed by atoms with Gasteiger partial charge < -0.3 is 10.3 Å². The normalized spacial score (nSPS) is 12.1. The fourth-order valence-corrected chi connectivity index (χ4v) is 2.67. The molecule has 1 amide bonds. The van der Waals surface area contributed by atoms with E-state index in [-0.39, 0.29) is 11.2 Å². The molecule has 106 valence electrons. The molecule has 1 aromatic carbocycles. The summed E-state index contributed by atoms with van der Waals surface area (Å²) < 4.78 is 0. The third-order valence-electron chi connectivity index (χ3n) is 2.71. The summed E-state index contributed by atoms with van der Waals surface area (Å²) in [5, 5.41) is 3.46. The number of H-pyrrole nitrogens is 1. The molecular weight excluding hydrogens is 294 g/mol. The number of benzene rings is 1. The SMILES string of the molecule is CC(Sc1ccc(Cl)cc1)C(=O)NCCc1ncc[nH]1. The molecule has 2 rings (SSSR count). The number of thioether (sulfide) groups is 1. The van der Waals surface area contributed by atoms with E-state index in [1.807, 2.05) is 31.2 Å². The summed E-state index contributed by atoms with van der Waals surface area (Å²) in [6.45, 7) is 2.47. The van der Waals surface area contributed by atoms with E-state index >= 15 is 0 Å². The zero-order chi connectivity index (χ0) is 14.4. The summed E-state index contributed by atoms with van der Waals surface area (Å²) >= 11 is 7.34. The summed E-state index contributed by atoms with van der Waals surface area (Å²) in [6, 6.07) is 7.48. The van der Waals surface area contributed by atoms with Crippen LogP contribution in [0.3, 0.4) is 0 Å². The van der Waals surface area contributed by atoms with Crippen LogP contribution in [0.15, 0.2) is 41.6 Å². The predicted octanol–water partition coefficient (Wildman–Crippen LogP) is 2.90. The number of halogens is 1. The summed E-state index contributed by atoms with van der Waals surface area (Å²) in [7, 11) is 0. The van der Waals surface area contributed by atoms with Gasteiger partial charge in [0.05, 0.1) is 5.25 Å². The monoisotopic (exact) mass is 309 g/mol. The highest BCUT2D eigenvalue weighted by molar-refractivity contribution is 8.00. The number of nitrogens with zero attached hydrogens (tertiary/aromatic N) is 1. The van der Waals surface area contributed by atoms with E-state index < -0.39 is 0 Å². The number of nitrogens with one attached hydrogen (secondary N) is 2. The fourth-order valence-electron chi connectivity index (χ4n) is 1.65. The van der Waals surface area contributed by atoms with Crippen molar-refractivity contribution in [3.63, 3.8) is 0 Å². The van der Waals surface area contributed by atoms with Crippen molar-refractivity contribution in [1.82, 2.24) is 15.3 Å². The maximum absolute atomic E-state index is 12.0. The van der Waals surface area contributed by atoms with Crippen LogP contribution in [0.2, 0.25) is 5.02 Å². The van der Waals surface area contributed by atoms with Crippen LogP contribution >= 0.6 is 23.4 Å². The number of rotatable bonds is 6. The molecule has 20 heavy (non-hydrogen) atoms. The van der Waals surface area contributed by atoms with E-state index in [1.165, 1.54) is 11.8 Å². The second-order valence-electron chi connectivity index (χ2n) is 4.29. The van der Waals surface area contributed by atoms with Gasteiger partial charge in [0.1, 0.15) is 5.82 Å². The molecule has 2 N–H and O–H groups in total. The molecule has 0 aliphatic rings. The number of aromatic amines is 1. The van der Waals surface area contributed by atoms with Gasteiger partial charge in [-0.15, -0.1) is 11.8 Å². The molecule has 0 aliphatic carbocycles. The van der Waals surface area contributed by atoms with Crippen molar-refractivity contribution in [2.75, 3.05) is 6.54 Å².